The second-order valence-electron chi connectivity index (χ2n) is 4.25. The molecule has 2 aromatic heterocycles. The zero-order valence-corrected chi connectivity index (χ0v) is 11.7. The summed E-state index contributed by atoms with van der Waals surface area (Å²) in [6.07, 6.45) is 0.693. The number of rotatable bonds is 4. The zero-order chi connectivity index (χ0) is 16.3. The first-order valence-corrected chi connectivity index (χ1v) is 6.24. The van der Waals surface area contributed by atoms with E-state index in [1.165, 1.54) is 18.4 Å². The van der Waals surface area contributed by atoms with Crippen LogP contribution in [-0.2, 0) is 12.6 Å². The molecule has 22 heavy (non-hydrogen) atoms. The molecule has 0 spiro atoms. The third-order valence-electron chi connectivity index (χ3n) is 2.80. The van der Waals surface area contributed by atoms with Crippen LogP contribution in [0.2, 0.25) is 0 Å². The van der Waals surface area contributed by atoms with Gasteiger partial charge in [0.05, 0.1) is 0 Å². The Hall–Kier alpha value is -2.71. The van der Waals surface area contributed by atoms with E-state index >= 15 is 0 Å². The van der Waals surface area contributed by atoms with Gasteiger partial charge in [-0.2, -0.15) is 27.8 Å². The second-order valence-corrected chi connectivity index (χ2v) is 4.25. The van der Waals surface area contributed by atoms with Gasteiger partial charge in [0.2, 0.25) is 0 Å². The van der Waals surface area contributed by atoms with Crippen molar-refractivity contribution in [2.75, 3.05) is 5.73 Å². The van der Waals surface area contributed by atoms with Crippen LogP contribution in [0.15, 0.2) is 35.7 Å². The van der Waals surface area contributed by atoms with E-state index in [4.69, 9.17) is 5.73 Å². The van der Waals surface area contributed by atoms with Crippen molar-refractivity contribution in [3.05, 3.63) is 42.0 Å². The summed E-state index contributed by atoms with van der Waals surface area (Å²) in [4.78, 5) is 11.2. The van der Waals surface area contributed by atoms with Gasteiger partial charge in [-0.05, 0) is 13.0 Å². The molecule has 0 aliphatic carbocycles. The minimum absolute atomic E-state index is 0.153. The van der Waals surface area contributed by atoms with E-state index in [0.29, 0.717) is 5.70 Å². The Bertz CT molecular complexity index is 757. The molecule has 2 rings (SSSR count). The van der Waals surface area contributed by atoms with Gasteiger partial charge < -0.3 is 5.73 Å². The third-order valence-corrected chi connectivity index (χ3v) is 2.80. The number of halogens is 3. The highest BCUT2D eigenvalue weighted by Gasteiger charge is 2.37. The number of nitrogens with zero attached hydrogens (tertiary/aromatic N) is 5. The lowest BCUT2D eigenvalue weighted by molar-refractivity contribution is -0.141. The highest BCUT2D eigenvalue weighted by Crippen LogP contribution is 2.34. The molecule has 0 fully saturated rings. The largest absolute Gasteiger partial charge is 0.433 e. The van der Waals surface area contributed by atoms with E-state index in [1.54, 1.807) is 6.92 Å². The molecule has 0 saturated carbocycles. The lowest BCUT2D eigenvalue weighted by Crippen LogP contribution is -2.18. The summed E-state index contributed by atoms with van der Waals surface area (Å²) in [5.41, 5.74) is 4.89. The number of fused-ring (bicyclic) bond motifs is 1. The number of alkyl halides is 3. The summed E-state index contributed by atoms with van der Waals surface area (Å²) in [7, 11) is 0. The second kappa shape index (κ2) is 5.96. The number of hydrogen-bond donors (Lipinski definition) is 1. The van der Waals surface area contributed by atoms with Gasteiger partial charge in [0.1, 0.15) is 12.1 Å². The molecule has 0 unspecified atom stereocenters. The van der Waals surface area contributed by atoms with Crippen LogP contribution in [0.5, 0.6) is 0 Å². The first-order valence-electron chi connectivity index (χ1n) is 6.24. The number of aromatic nitrogens is 4. The molecule has 9 heteroatoms. The molecule has 2 heterocycles. The van der Waals surface area contributed by atoms with Crippen molar-refractivity contribution in [1.29, 1.82) is 0 Å². The van der Waals surface area contributed by atoms with Crippen LogP contribution in [-0.4, -0.2) is 25.8 Å². The molecule has 0 aliphatic heterocycles. The predicted octanol–water partition coefficient (Wildman–Crippen LogP) is 2.43. The fraction of sp³-hybridized carbons (Fsp3) is 0.231. The molecule has 2 N–H and O–H groups in total. The quantitative estimate of drug-likeness (QED) is 0.694. The van der Waals surface area contributed by atoms with Crippen molar-refractivity contribution in [3.8, 4) is 0 Å². The Morgan fingerprint density at radius 3 is 2.82 bits per heavy atom. The number of nitrogen functional groups attached to an aromatic ring is 1. The molecular weight excluding hydrogens is 297 g/mol. The van der Waals surface area contributed by atoms with E-state index in [1.807, 2.05) is 0 Å². The molecule has 0 saturated heterocycles. The van der Waals surface area contributed by atoms with Crippen molar-refractivity contribution in [2.45, 2.75) is 19.5 Å². The molecule has 0 radical (unpaired) electrons. The lowest BCUT2D eigenvalue weighted by atomic mass is 10.1. The van der Waals surface area contributed by atoms with Gasteiger partial charge in [-0.15, -0.1) is 0 Å². The van der Waals surface area contributed by atoms with Crippen molar-refractivity contribution in [1.82, 2.24) is 19.6 Å². The average molecular weight is 310 g/mol. The maximum Gasteiger partial charge on any atom is 0.433 e. The standard InChI is InChI=1S/C13H13F3N6/c1-3-5-8(18-4-2)6-9-10(13(14,15)16)21-12-19-7-20-22(12)11(9)17/h3-5,7H,1,6,17H2,2H3/b8-5-,18-4?. The number of allylic oxidation sites excluding steroid dienone is 3. The van der Waals surface area contributed by atoms with Gasteiger partial charge in [-0.1, -0.05) is 12.7 Å². The first kappa shape index (κ1) is 15.7. The van der Waals surface area contributed by atoms with Crippen molar-refractivity contribution < 1.29 is 13.2 Å². The molecule has 0 bridgehead atoms. The van der Waals surface area contributed by atoms with Gasteiger partial charge in [0, 0.05) is 23.9 Å². The average Bonchev–Trinajstić information content (AvgIpc) is 2.89. The van der Waals surface area contributed by atoms with Gasteiger partial charge in [0.15, 0.2) is 5.69 Å². The molecule has 0 aromatic carbocycles. The Morgan fingerprint density at radius 1 is 1.50 bits per heavy atom. The Labute approximate surface area is 123 Å². The Balaban J connectivity index is 2.66. The molecule has 2 aromatic rings. The van der Waals surface area contributed by atoms with E-state index in [0.717, 1.165) is 10.8 Å². The molecule has 116 valence electrons. The van der Waals surface area contributed by atoms with Crippen molar-refractivity contribution >= 4 is 17.8 Å². The number of nitrogens with two attached hydrogens (primary N) is 1. The predicted molar refractivity (Wildman–Crippen MR) is 76.3 cm³/mol. The molecule has 0 atom stereocenters. The van der Waals surface area contributed by atoms with Crippen LogP contribution in [0.1, 0.15) is 18.2 Å². The fourth-order valence-corrected chi connectivity index (χ4v) is 1.94. The SMILES string of the molecule is C=C/C=C(/Cc1c(C(F)(F)F)nc2ncnn2c1N)N=CC. The summed E-state index contributed by atoms with van der Waals surface area (Å²) >= 11 is 0. The van der Waals surface area contributed by atoms with E-state index in [9.17, 15) is 13.2 Å². The monoisotopic (exact) mass is 310 g/mol. The summed E-state index contributed by atoms with van der Waals surface area (Å²) < 4.78 is 40.8. The van der Waals surface area contributed by atoms with E-state index < -0.39 is 11.9 Å². The molecule has 6 nitrogen and oxygen atoms in total. The van der Waals surface area contributed by atoms with Crippen molar-refractivity contribution in [3.63, 3.8) is 0 Å². The van der Waals surface area contributed by atoms with Crippen LogP contribution in [0, 0.1) is 0 Å². The third kappa shape index (κ3) is 2.97. The van der Waals surface area contributed by atoms with E-state index in [-0.39, 0.29) is 23.6 Å². The summed E-state index contributed by atoms with van der Waals surface area (Å²) in [6.45, 7) is 5.17. The van der Waals surface area contributed by atoms with Crippen molar-refractivity contribution in [2.24, 2.45) is 4.99 Å². The summed E-state index contributed by atoms with van der Waals surface area (Å²) in [5.74, 6) is -0.377. The highest BCUT2D eigenvalue weighted by molar-refractivity contribution is 5.57. The van der Waals surface area contributed by atoms with Gasteiger partial charge in [-0.25, -0.2) is 4.98 Å². The fourth-order valence-electron chi connectivity index (χ4n) is 1.94. The van der Waals surface area contributed by atoms with E-state index in [2.05, 4.69) is 26.6 Å². The van der Waals surface area contributed by atoms with Crippen LogP contribution in [0.3, 0.4) is 0 Å². The smallest absolute Gasteiger partial charge is 0.383 e. The first-order chi connectivity index (χ1) is 10.4. The Kier molecular flexibility index (Phi) is 4.25. The van der Waals surface area contributed by atoms with Crippen LogP contribution in [0.4, 0.5) is 19.0 Å². The van der Waals surface area contributed by atoms with Crippen LogP contribution < -0.4 is 5.73 Å². The topological polar surface area (TPSA) is 81.5 Å². The zero-order valence-electron chi connectivity index (χ0n) is 11.7. The Morgan fingerprint density at radius 2 is 2.23 bits per heavy atom. The maximum absolute atomic E-state index is 13.2. The molecule has 0 amide bonds. The summed E-state index contributed by atoms with van der Waals surface area (Å²) in [6, 6.07) is 0. The molecular formula is C13H13F3N6. The molecule has 0 aliphatic rings. The van der Waals surface area contributed by atoms with Crippen LogP contribution in [0.25, 0.3) is 5.78 Å². The van der Waals surface area contributed by atoms with Crippen LogP contribution >= 0.6 is 0 Å². The minimum Gasteiger partial charge on any atom is -0.383 e. The number of aliphatic imine (C=N–C) groups is 1. The van der Waals surface area contributed by atoms with Gasteiger partial charge in [0.25, 0.3) is 5.78 Å². The normalized spacial score (nSPS) is 13.2. The number of hydrogen-bond acceptors (Lipinski definition) is 5. The maximum atomic E-state index is 13.2. The number of anilines is 1. The lowest BCUT2D eigenvalue weighted by Gasteiger charge is -2.14. The van der Waals surface area contributed by atoms with Gasteiger partial charge in [-0.3, -0.25) is 4.99 Å². The van der Waals surface area contributed by atoms with Gasteiger partial charge >= 0.3 is 6.18 Å². The highest BCUT2D eigenvalue weighted by atomic mass is 19.4. The minimum atomic E-state index is -4.66. The summed E-state index contributed by atoms with van der Waals surface area (Å²) in [5, 5.41) is 3.77.